The minimum absolute atomic E-state index is 0.0222. The van der Waals surface area contributed by atoms with E-state index in [2.05, 4.69) is 5.32 Å². The molecule has 0 unspecified atom stereocenters. The fourth-order valence-corrected chi connectivity index (χ4v) is 3.51. The molecule has 1 saturated heterocycles. The second-order valence-electron chi connectivity index (χ2n) is 6.97. The van der Waals surface area contributed by atoms with Gasteiger partial charge in [0.15, 0.2) is 11.5 Å². The Morgan fingerprint density at radius 3 is 2.70 bits per heavy atom. The van der Waals surface area contributed by atoms with Crippen LogP contribution in [0.1, 0.15) is 17.5 Å². The van der Waals surface area contributed by atoms with E-state index in [0.717, 1.165) is 16.8 Å². The second kappa shape index (κ2) is 6.95. The van der Waals surface area contributed by atoms with Gasteiger partial charge < -0.3 is 19.7 Å². The third-order valence-electron chi connectivity index (χ3n) is 5.17. The molecule has 0 radical (unpaired) electrons. The molecule has 2 aliphatic rings. The lowest BCUT2D eigenvalue weighted by Crippen LogP contribution is -2.28. The molecule has 0 aromatic heterocycles. The molecule has 6 heteroatoms. The zero-order valence-corrected chi connectivity index (χ0v) is 15.5. The normalized spacial score (nSPS) is 18.5. The van der Waals surface area contributed by atoms with E-state index in [-0.39, 0.29) is 24.2 Å². The van der Waals surface area contributed by atoms with Crippen molar-refractivity contribution in [1.82, 2.24) is 0 Å². The molecule has 0 saturated carbocycles. The van der Waals surface area contributed by atoms with Crippen molar-refractivity contribution in [3.63, 3.8) is 0 Å². The van der Waals surface area contributed by atoms with Crippen LogP contribution < -0.4 is 19.7 Å². The van der Waals surface area contributed by atoms with Crippen LogP contribution in [0.3, 0.4) is 0 Å². The van der Waals surface area contributed by atoms with Crippen molar-refractivity contribution in [3.05, 3.63) is 47.5 Å². The predicted molar refractivity (Wildman–Crippen MR) is 102 cm³/mol. The first-order chi connectivity index (χ1) is 13.0. The van der Waals surface area contributed by atoms with E-state index in [1.54, 1.807) is 23.1 Å². The molecular weight excluding hydrogens is 344 g/mol. The number of hydrogen-bond acceptors (Lipinski definition) is 4. The highest BCUT2D eigenvalue weighted by Gasteiger charge is 2.35. The number of carbonyl (C=O) groups is 2. The minimum atomic E-state index is -0.384. The van der Waals surface area contributed by atoms with Crippen LogP contribution in [-0.4, -0.2) is 31.6 Å². The number of nitrogens with one attached hydrogen (secondary N) is 1. The Bertz CT molecular complexity index is 909. The lowest BCUT2D eigenvalue weighted by atomic mass is 10.1. The van der Waals surface area contributed by atoms with Gasteiger partial charge in [-0.3, -0.25) is 9.59 Å². The van der Waals surface area contributed by atoms with Crippen LogP contribution in [0.4, 0.5) is 11.4 Å². The maximum absolute atomic E-state index is 12.7. The van der Waals surface area contributed by atoms with Gasteiger partial charge in [0.2, 0.25) is 11.8 Å². The Morgan fingerprint density at radius 2 is 1.89 bits per heavy atom. The topological polar surface area (TPSA) is 67.9 Å². The zero-order chi connectivity index (χ0) is 19.0. The summed E-state index contributed by atoms with van der Waals surface area (Å²) in [6.07, 6.45) is 0.212. The molecule has 2 aliphatic heterocycles. The van der Waals surface area contributed by atoms with Crippen LogP contribution in [0.2, 0.25) is 0 Å². The van der Waals surface area contributed by atoms with Gasteiger partial charge in [0.25, 0.3) is 0 Å². The van der Waals surface area contributed by atoms with Gasteiger partial charge in [-0.25, -0.2) is 0 Å². The number of ether oxygens (including phenoxy) is 2. The van der Waals surface area contributed by atoms with E-state index in [1.807, 2.05) is 32.0 Å². The average molecular weight is 366 g/mol. The highest BCUT2D eigenvalue weighted by atomic mass is 16.6. The number of hydrogen-bond donors (Lipinski definition) is 1. The minimum Gasteiger partial charge on any atom is -0.486 e. The van der Waals surface area contributed by atoms with Gasteiger partial charge in [0.05, 0.1) is 5.92 Å². The van der Waals surface area contributed by atoms with Crippen LogP contribution >= 0.6 is 0 Å². The van der Waals surface area contributed by atoms with E-state index in [9.17, 15) is 9.59 Å². The van der Waals surface area contributed by atoms with E-state index >= 15 is 0 Å². The van der Waals surface area contributed by atoms with Gasteiger partial charge in [0.1, 0.15) is 13.2 Å². The van der Waals surface area contributed by atoms with Crippen molar-refractivity contribution >= 4 is 23.2 Å². The molecule has 1 N–H and O–H groups in total. The number of amides is 2. The summed E-state index contributed by atoms with van der Waals surface area (Å²) >= 11 is 0. The molecule has 1 fully saturated rings. The number of benzene rings is 2. The molecule has 4 rings (SSSR count). The summed E-state index contributed by atoms with van der Waals surface area (Å²) in [5.74, 6) is 0.736. The Balaban J connectivity index is 1.47. The van der Waals surface area contributed by atoms with E-state index in [0.29, 0.717) is 36.9 Å². The molecule has 2 amide bonds. The van der Waals surface area contributed by atoms with Gasteiger partial charge in [-0.2, -0.15) is 0 Å². The van der Waals surface area contributed by atoms with Gasteiger partial charge in [0, 0.05) is 30.4 Å². The van der Waals surface area contributed by atoms with Crippen molar-refractivity contribution in [3.8, 4) is 11.5 Å². The molecule has 0 bridgehead atoms. The average Bonchev–Trinajstić information content (AvgIpc) is 3.05. The predicted octanol–water partition coefficient (Wildman–Crippen LogP) is 3.07. The Hall–Kier alpha value is -3.02. The Labute approximate surface area is 158 Å². The SMILES string of the molecule is Cc1cccc(N2C[C@H](C(=O)Nc3ccc4c(c3)OCCO4)CC2=O)c1C. The van der Waals surface area contributed by atoms with Crippen LogP contribution in [0.5, 0.6) is 11.5 Å². The summed E-state index contributed by atoms with van der Waals surface area (Å²) < 4.78 is 11.0. The second-order valence-corrected chi connectivity index (χ2v) is 6.97. The Kier molecular flexibility index (Phi) is 4.48. The Morgan fingerprint density at radius 1 is 1.11 bits per heavy atom. The molecule has 2 aromatic carbocycles. The van der Waals surface area contributed by atoms with Crippen LogP contribution in [0, 0.1) is 19.8 Å². The van der Waals surface area contributed by atoms with Crippen molar-refractivity contribution in [2.75, 3.05) is 30.0 Å². The summed E-state index contributed by atoms with van der Waals surface area (Å²) in [5.41, 5.74) is 3.72. The molecule has 1 atom stereocenters. The molecule has 0 aliphatic carbocycles. The summed E-state index contributed by atoms with van der Waals surface area (Å²) in [6, 6.07) is 11.2. The summed E-state index contributed by atoms with van der Waals surface area (Å²) in [5, 5.41) is 2.90. The maximum atomic E-state index is 12.7. The molecule has 140 valence electrons. The fraction of sp³-hybridized carbons (Fsp3) is 0.333. The number of aryl methyl sites for hydroxylation is 1. The monoisotopic (exact) mass is 366 g/mol. The van der Waals surface area contributed by atoms with Crippen molar-refractivity contribution in [1.29, 1.82) is 0 Å². The fourth-order valence-electron chi connectivity index (χ4n) is 3.51. The van der Waals surface area contributed by atoms with E-state index < -0.39 is 0 Å². The molecule has 0 spiro atoms. The first-order valence-electron chi connectivity index (χ1n) is 9.10. The number of carbonyl (C=O) groups excluding carboxylic acids is 2. The number of anilines is 2. The molecule has 6 nitrogen and oxygen atoms in total. The van der Waals surface area contributed by atoms with Gasteiger partial charge in [-0.15, -0.1) is 0 Å². The molecular formula is C21H22N2O4. The highest BCUT2D eigenvalue weighted by molar-refractivity contribution is 6.04. The zero-order valence-electron chi connectivity index (χ0n) is 15.5. The summed E-state index contributed by atoms with van der Waals surface area (Å²) in [4.78, 5) is 26.9. The van der Waals surface area contributed by atoms with Crippen LogP contribution in [0.25, 0.3) is 0 Å². The highest BCUT2D eigenvalue weighted by Crippen LogP contribution is 2.34. The largest absolute Gasteiger partial charge is 0.486 e. The van der Waals surface area contributed by atoms with Crippen molar-refractivity contribution in [2.24, 2.45) is 5.92 Å². The standard InChI is InChI=1S/C21H22N2O4/c1-13-4-3-5-17(14(13)2)23-12-15(10-20(23)24)21(25)22-16-6-7-18-19(11-16)27-9-8-26-18/h3-7,11,15H,8-10,12H2,1-2H3,(H,22,25)/t15-/m1/s1. The van der Waals surface area contributed by atoms with Gasteiger partial charge >= 0.3 is 0 Å². The molecule has 2 aromatic rings. The van der Waals surface area contributed by atoms with Crippen molar-refractivity contribution in [2.45, 2.75) is 20.3 Å². The number of fused-ring (bicyclic) bond motifs is 1. The maximum Gasteiger partial charge on any atom is 0.229 e. The van der Waals surface area contributed by atoms with Crippen LogP contribution in [0.15, 0.2) is 36.4 Å². The first-order valence-corrected chi connectivity index (χ1v) is 9.10. The summed E-state index contributed by atoms with van der Waals surface area (Å²) in [7, 11) is 0. The third-order valence-corrected chi connectivity index (χ3v) is 5.17. The smallest absolute Gasteiger partial charge is 0.229 e. The molecule has 27 heavy (non-hydrogen) atoms. The van der Waals surface area contributed by atoms with Crippen LogP contribution in [-0.2, 0) is 9.59 Å². The third kappa shape index (κ3) is 3.35. The van der Waals surface area contributed by atoms with E-state index in [4.69, 9.17) is 9.47 Å². The summed E-state index contributed by atoms with van der Waals surface area (Å²) in [6.45, 7) is 5.43. The first kappa shape index (κ1) is 17.4. The van der Waals surface area contributed by atoms with Gasteiger partial charge in [-0.1, -0.05) is 12.1 Å². The lowest BCUT2D eigenvalue weighted by molar-refractivity contribution is -0.122. The quantitative estimate of drug-likeness (QED) is 0.907. The lowest BCUT2D eigenvalue weighted by Gasteiger charge is -2.20. The number of nitrogens with zero attached hydrogens (tertiary/aromatic N) is 1. The molecule has 2 heterocycles. The number of rotatable bonds is 3. The van der Waals surface area contributed by atoms with Gasteiger partial charge in [-0.05, 0) is 43.2 Å². The van der Waals surface area contributed by atoms with E-state index in [1.165, 1.54) is 0 Å². The van der Waals surface area contributed by atoms with Crippen molar-refractivity contribution < 1.29 is 19.1 Å².